The van der Waals surface area contributed by atoms with Gasteiger partial charge in [0.1, 0.15) is 4.83 Å². The second kappa shape index (κ2) is 5.41. The molecule has 3 heteroatoms. The van der Waals surface area contributed by atoms with Crippen LogP contribution < -0.4 is 0 Å². The van der Waals surface area contributed by atoms with E-state index in [1.54, 1.807) is 11.3 Å². The molecule has 2 nitrogen and oxygen atoms in total. The van der Waals surface area contributed by atoms with Crippen molar-refractivity contribution < 1.29 is 0 Å². The number of para-hydroxylation sites is 1. The smallest absolute Gasteiger partial charge is 0.125 e. The molecule has 0 saturated heterocycles. The van der Waals surface area contributed by atoms with Crippen LogP contribution in [0.25, 0.3) is 42.3 Å². The fraction of sp³-hybridized carbons (Fsp3) is 0. The van der Waals surface area contributed by atoms with Gasteiger partial charge in [-0.1, -0.05) is 48.5 Å². The Kier molecular flexibility index (Phi) is 3.06. The Morgan fingerprint density at radius 3 is 2.48 bits per heavy atom. The normalized spacial score (nSPS) is 11.2. The Morgan fingerprint density at radius 2 is 1.64 bits per heavy atom. The van der Waals surface area contributed by atoms with Crippen LogP contribution in [0.15, 0.2) is 72.8 Å². The topological polar surface area (TPSA) is 36.7 Å². The maximum absolute atomic E-state index is 9.30. The number of rotatable bonds is 1. The summed E-state index contributed by atoms with van der Waals surface area (Å²) in [4.78, 5) is 5.91. The molecule has 116 valence electrons. The monoisotopic (exact) mass is 336 g/mol. The summed E-state index contributed by atoms with van der Waals surface area (Å²) in [7, 11) is 0. The minimum Gasteiger partial charge on any atom is -0.237 e. The van der Waals surface area contributed by atoms with Gasteiger partial charge in [-0.25, -0.2) is 4.98 Å². The predicted molar refractivity (Wildman–Crippen MR) is 105 cm³/mol. The Morgan fingerprint density at radius 1 is 0.840 bits per heavy atom. The van der Waals surface area contributed by atoms with Gasteiger partial charge in [0, 0.05) is 26.4 Å². The number of hydrogen-bond donors (Lipinski definition) is 0. The second-order valence-electron chi connectivity index (χ2n) is 5.97. The third-order valence-electron chi connectivity index (χ3n) is 4.51. The molecule has 3 aromatic carbocycles. The van der Waals surface area contributed by atoms with Crippen LogP contribution in [0, 0.1) is 11.3 Å². The van der Waals surface area contributed by atoms with Crippen LogP contribution in [0.2, 0.25) is 0 Å². The SMILES string of the molecule is N#Cc1ccc2sc3nc4ccccc4c(-c4ccccc4)c3c2c1. The van der Waals surface area contributed by atoms with Crippen molar-refractivity contribution >= 4 is 42.5 Å². The third kappa shape index (κ3) is 2.12. The van der Waals surface area contributed by atoms with Gasteiger partial charge in [0.25, 0.3) is 0 Å². The standard InChI is InChI=1S/C22H12N2S/c23-13-14-10-11-19-17(12-14)21-20(15-6-2-1-3-7-15)16-8-4-5-9-18(16)24-22(21)25-19/h1-12H. The predicted octanol–water partition coefficient (Wildman–Crippen LogP) is 6.14. The summed E-state index contributed by atoms with van der Waals surface area (Å²) in [5, 5.41) is 12.7. The summed E-state index contributed by atoms with van der Waals surface area (Å²) in [6, 6.07) is 26.8. The molecule has 0 fully saturated rings. The maximum Gasteiger partial charge on any atom is 0.125 e. The first-order valence-corrected chi connectivity index (χ1v) is 8.87. The van der Waals surface area contributed by atoms with Crippen molar-refractivity contribution in [3.63, 3.8) is 0 Å². The Bertz CT molecular complexity index is 1290. The highest BCUT2D eigenvalue weighted by Gasteiger charge is 2.16. The number of thiophene rings is 1. The summed E-state index contributed by atoms with van der Waals surface area (Å²) in [6.45, 7) is 0. The zero-order valence-corrected chi connectivity index (χ0v) is 14.0. The Hall–Kier alpha value is -3.22. The molecule has 2 aromatic heterocycles. The zero-order chi connectivity index (χ0) is 16.8. The number of benzene rings is 3. The molecule has 0 aliphatic carbocycles. The van der Waals surface area contributed by atoms with E-state index >= 15 is 0 Å². The molecule has 25 heavy (non-hydrogen) atoms. The highest BCUT2D eigenvalue weighted by atomic mass is 32.1. The lowest BCUT2D eigenvalue weighted by atomic mass is 9.96. The molecule has 2 heterocycles. The van der Waals surface area contributed by atoms with Crippen molar-refractivity contribution in [3.05, 3.63) is 78.4 Å². The number of aromatic nitrogens is 1. The van der Waals surface area contributed by atoms with Crippen LogP contribution in [-0.2, 0) is 0 Å². The van der Waals surface area contributed by atoms with Gasteiger partial charge in [0.15, 0.2) is 0 Å². The minimum absolute atomic E-state index is 0.680. The minimum atomic E-state index is 0.680. The average Bonchev–Trinajstić information content (AvgIpc) is 3.03. The van der Waals surface area contributed by atoms with Gasteiger partial charge in [0.2, 0.25) is 0 Å². The van der Waals surface area contributed by atoms with Crippen LogP contribution >= 0.6 is 11.3 Å². The van der Waals surface area contributed by atoms with Crippen molar-refractivity contribution in [1.82, 2.24) is 4.98 Å². The quantitative estimate of drug-likeness (QED) is 0.368. The van der Waals surface area contributed by atoms with Gasteiger partial charge >= 0.3 is 0 Å². The average molecular weight is 336 g/mol. The number of hydrogen-bond acceptors (Lipinski definition) is 3. The van der Waals surface area contributed by atoms with Gasteiger partial charge in [-0.05, 0) is 29.8 Å². The molecular formula is C22H12N2S. The summed E-state index contributed by atoms with van der Waals surface area (Å²) < 4.78 is 1.16. The molecule has 5 aromatic rings. The molecule has 0 saturated carbocycles. The first kappa shape index (κ1) is 14.2. The molecule has 0 bridgehead atoms. The number of nitriles is 1. The Balaban J connectivity index is 2.06. The van der Waals surface area contributed by atoms with Crippen molar-refractivity contribution in [2.75, 3.05) is 0 Å². The first-order chi connectivity index (χ1) is 12.3. The van der Waals surface area contributed by atoms with E-state index in [0.717, 1.165) is 31.2 Å². The van der Waals surface area contributed by atoms with Crippen molar-refractivity contribution in [1.29, 1.82) is 5.26 Å². The maximum atomic E-state index is 9.30. The zero-order valence-electron chi connectivity index (χ0n) is 13.2. The first-order valence-electron chi connectivity index (χ1n) is 8.06. The summed E-state index contributed by atoms with van der Waals surface area (Å²) >= 11 is 1.68. The fourth-order valence-electron chi connectivity index (χ4n) is 3.41. The van der Waals surface area contributed by atoms with Crippen molar-refractivity contribution in [2.45, 2.75) is 0 Å². The lowest BCUT2D eigenvalue weighted by molar-refractivity contribution is 1.50. The van der Waals surface area contributed by atoms with Crippen LogP contribution in [0.5, 0.6) is 0 Å². The molecule has 0 amide bonds. The van der Waals surface area contributed by atoms with Crippen LogP contribution in [0.3, 0.4) is 0 Å². The molecule has 0 atom stereocenters. The van der Waals surface area contributed by atoms with E-state index < -0.39 is 0 Å². The third-order valence-corrected chi connectivity index (χ3v) is 5.57. The van der Waals surface area contributed by atoms with E-state index in [2.05, 4.69) is 48.5 Å². The second-order valence-corrected chi connectivity index (χ2v) is 7.01. The van der Waals surface area contributed by atoms with Gasteiger partial charge in [-0.3, -0.25) is 0 Å². The van der Waals surface area contributed by atoms with Crippen LogP contribution in [-0.4, -0.2) is 4.98 Å². The largest absolute Gasteiger partial charge is 0.237 e. The molecule has 0 spiro atoms. The van der Waals surface area contributed by atoms with Crippen molar-refractivity contribution in [3.8, 4) is 17.2 Å². The summed E-state index contributed by atoms with van der Waals surface area (Å²) in [5.41, 5.74) is 4.05. The molecular weight excluding hydrogens is 324 g/mol. The van der Waals surface area contributed by atoms with E-state index in [0.29, 0.717) is 5.56 Å². The Labute approximate surface area is 148 Å². The lowest BCUT2D eigenvalue weighted by Gasteiger charge is -2.09. The van der Waals surface area contributed by atoms with Crippen molar-refractivity contribution in [2.24, 2.45) is 0 Å². The van der Waals surface area contributed by atoms with Gasteiger partial charge < -0.3 is 0 Å². The van der Waals surface area contributed by atoms with E-state index in [-0.39, 0.29) is 0 Å². The molecule has 0 unspecified atom stereocenters. The van der Waals surface area contributed by atoms with Gasteiger partial charge in [0.05, 0.1) is 17.1 Å². The fourth-order valence-corrected chi connectivity index (χ4v) is 4.48. The van der Waals surface area contributed by atoms with E-state index in [1.165, 1.54) is 11.1 Å². The number of pyridine rings is 1. The number of fused-ring (bicyclic) bond motifs is 4. The molecule has 0 N–H and O–H groups in total. The molecule has 0 radical (unpaired) electrons. The van der Waals surface area contributed by atoms with Crippen LogP contribution in [0.4, 0.5) is 0 Å². The van der Waals surface area contributed by atoms with Crippen LogP contribution in [0.1, 0.15) is 5.56 Å². The van der Waals surface area contributed by atoms with E-state index in [9.17, 15) is 5.26 Å². The molecule has 5 rings (SSSR count). The van der Waals surface area contributed by atoms with Gasteiger partial charge in [-0.15, -0.1) is 11.3 Å². The summed E-state index contributed by atoms with van der Waals surface area (Å²) in [6.07, 6.45) is 0. The number of nitrogens with zero attached hydrogens (tertiary/aromatic N) is 2. The summed E-state index contributed by atoms with van der Waals surface area (Å²) in [5.74, 6) is 0. The van der Waals surface area contributed by atoms with E-state index in [1.807, 2.05) is 30.3 Å². The highest BCUT2D eigenvalue weighted by Crippen LogP contribution is 2.42. The van der Waals surface area contributed by atoms with E-state index in [4.69, 9.17) is 4.98 Å². The lowest BCUT2D eigenvalue weighted by Crippen LogP contribution is -1.86. The molecule has 0 aliphatic heterocycles. The highest BCUT2D eigenvalue weighted by molar-refractivity contribution is 7.25. The van der Waals surface area contributed by atoms with Gasteiger partial charge in [-0.2, -0.15) is 5.26 Å². The molecule has 0 aliphatic rings.